The first-order valence-corrected chi connectivity index (χ1v) is 7.91. The van der Waals surface area contributed by atoms with Gasteiger partial charge in [0.25, 0.3) is 0 Å². The van der Waals surface area contributed by atoms with Crippen molar-refractivity contribution in [3.8, 4) is 0 Å². The lowest BCUT2D eigenvalue weighted by Crippen LogP contribution is -2.20. The van der Waals surface area contributed by atoms with Crippen molar-refractivity contribution in [2.45, 2.75) is 35.9 Å². The van der Waals surface area contributed by atoms with Crippen LogP contribution in [0.2, 0.25) is 0 Å². The monoisotopic (exact) mass is 321 g/mol. The van der Waals surface area contributed by atoms with E-state index in [2.05, 4.69) is 9.97 Å². The second-order valence-corrected chi connectivity index (χ2v) is 6.78. The van der Waals surface area contributed by atoms with Crippen LogP contribution in [0.3, 0.4) is 0 Å². The summed E-state index contributed by atoms with van der Waals surface area (Å²) in [6.07, 6.45) is 6.47. The highest BCUT2D eigenvalue weighted by Gasteiger charge is 2.36. The maximum Gasteiger partial charge on any atom is 0.220 e. The summed E-state index contributed by atoms with van der Waals surface area (Å²) in [6.45, 7) is 0. The lowest BCUT2D eigenvalue weighted by Gasteiger charge is -2.24. The maximum atomic E-state index is 6.66. The average Bonchev–Trinajstić information content (AvgIpc) is 3.02. The van der Waals surface area contributed by atoms with Crippen LogP contribution in [0.25, 0.3) is 0 Å². The van der Waals surface area contributed by atoms with Crippen LogP contribution in [-0.4, -0.2) is 9.97 Å². The van der Waals surface area contributed by atoms with E-state index in [1.807, 2.05) is 30.3 Å². The highest BCUT2D eigenvalue weighted by atomic mass is 35.5. The van der Waals surface area contributed by atoms with Gasteiger partial charge < -0.3 is 5.73 Å². The standard InChI is InChI=1S/C16H17Cl2N3/c17-16(18,12-8-2-1-3-9-12)14-13(10-20-15(19)21-14)11-6-4-5-7-11/h1-3,8-11H,4-7H2,(H2,19,20,21). The van der Waals surface area contributed by atoms with Crippen LogP contribution >= 0.6 is 23.2 Å². The number of rotatable bonds is 3. The first-order chi connectivity index (χ1) is 10.1. The van der Waals surface area contributed by atoms with Crippen LogP contribution in [0.5, 0.6) is 0 Å². The second kappa shape index (κ2) is 5.82. The van der Waals surface area contributed by atoms with E-state index in [-0.39, 0.29) is 5.95 Å². The Balaban J connectivity index is 2.09. The van der Waals surface area contributed by atoms with Gasteiger partial charge in [-0.25, -0.2) is 9.97 Å². The molecule has 1 aromatic heterocycles. The lowest BCUT2D eigenvalue weighted by atomic mass is 9.94. The van der Waals surface area contributed by atoms with Gasteiger partial charge in [-0.1, -0.05) is 66.4 Å². The molecule has 1 heterocycles. The molecule has 2 N–H and O–H groups in total. The highest BCUT2D eigenvalue weighted by Crippen LogP contribution is 2.45. The molecule has 0 radical (unpaired) electrons. The van der Waals surface area contributed by atoms with Crippen molar-refractivity contribution < 1.29 is 0 Å². The summed E-state index contributed by atoms with van der Waals surface area (Å²) in [5.41, 5.74) is 8.20. The van der Waals surface area contributed by atoms with Crippen LogP contribution in [-0.2, 0) is 4.33 Å². The summed E-state index contributed by atoms with van der Waals surface area (Å²) in [5, 5.41) is 0. The van der Waals surface area contributed by atoms with E-state index in [1.54, 1.807) is 6.20 Å². The molecule has 3 nitrogen and oxygen atoms in total. The molecule has 3 rings (SSSR count). The van der Waals surface area contributed by atoms with E-state index in [0.717, 1.165) is 24.0 Å². The predicted molar refractivity (Wildman–Crippen MR) is 86.6 cm³/mol. The van der Waals surface area contributed by atoms with Gasteiger partial charge in [0, 0.05) is 6.20 Å². The Morgan fingerprint density at radius 3 is 2.43 bits per heavy atom. The smallest absolute Gasteiger partial charge is 0.220 e. The van der Waals surface area contributed by atoms with Crippen LogP contribution in [0.4, 0.5) is 5.95 Å². The Labute approximate surface area is 134 Å². The lowest BCUT2D eigenvalue weighted by molar-refractivity contribution is 0.694. The highest BCUT2D eigenvalue weighted by molar-refractivity contribution is 6.50. The topological polar surface area (TPSA) is 51.8 Å². The minimum Gasteiger partial charge on any atom is -0.368 e. The molecular weight excluding hydrogens is 305 g/mol. The van der Waals surface area contributed by atoms with Crippen LogP contribution in [0, 0.1) is 0 Å². The molecule has 1 aliphatic carbocycles. The zero-order valence-corrected chi connectivity index (χ0v) is 13.1. The summed E-state index contributed by atoms with van der Waals surface area (Å²) in [5.74, 6) is 0.620. The largest absolute Gasteiger partial charge is 0.368 e. The molecule has 0 unspecified atom stereocenters. The fourth-order valence-electron chi connectivity index (χ4n) is 2.98. The quantitative estimate of drug-likeness (QED) is 0.852. The first kappa shape index (κ1) is 14.6. The average molecular weight is 322 g/mol. The number of benzene rings is 1. The Hall–Kier alpha value is -1.32. The number of nitrogens with two attached hydrogens (primary N) is 1. The summed E-state index contributed by atoms with van der Waals surface area (Å²) >= 11 is 13.3. The normalized spacial score (nSPS) is 16.3. The fraction of sp³-hybridized carbons (Fsp3) is 0.375. The zero-order chi connectivity index (χ0) is 14.9. The molecule has 0 aliphatic heterocycles. The van der Waals surface area contributed by atoms with Gasteiger partial charge in [-0.2, -0.15) is 0 Å². The van der Waals surface area contributed by atoms with Gasteiger partial charge in [0.05, 0.1) is 5.69 Å². The first-order valence-electron chi connectivity index (χ1n) is 7.15. The van der Waals surface area contributed by atoms with Gasteiger partial charge in [0.2, 0.25) is 5.95 Å². The number of hydrogen-bond acceptors (Lipinski definition) is 3. The van der Waals surface area contributed by atoms with Gasteiger partial charge in [0.1, 0.15) is 0 Å². The molecule has 0 amide bonds. The molecule has 1 fully saturated rings. The molecule has 0 atom stereocenters. The van der Waals surface area contributed by atoms with E-state index < -0.39 is 4.33 Å². The molecule has 21 heavy (non-hydrogen) atoms. The van der Waals surface area contributed by atoms with E-state index >= 15 is 0 Å². The zero-order valence-electron chi connectivity index (χ0n) is 11.6. The Bertz CT molecular complexity index is 623. The van der Waals surface area contributed by atoms with E-state index in [4.69, 9.17) is 28.9 Å². The maximum absolute atomic E-state index is 6.66. The third kappa shape index (κ3) is 2.85. The van der Waals surface area contributed by atoms with Gasteiger partial charge >= 0.3 is 0 Å². The van der Waals surface area contributed by atoms with Crippen molar-refractivity contribution in [1.82, 2.24) is 9.97 Å². The molecule has 2 aromatic rings. The van der Waals surface area contributed by atoms with Crippen molar-refractivity contribution >= 4 is 29.2 Å². The minimum absolute atomic E-state index is 0.202. The van der Waals surface area contributed by atoms with Crippen molar-refractivity contribution in [2.75, 3.05) is 5.73 Å². The van der Waals surface area contributed by atoms with Crippen LogP contribution < -0.4 is 5.73 Å². The van der Waals surface area contributed by atoms with Gasteiger partial charge in [0.15, 0.2) is 4.33 Å². The molecule has 1 aliphatic rings. The third-order valence-corrected chi connectivity index (χ3v) is 4.86. The number of nitrogens with zero attached hydrogens (tertiary/aromatic N) is 2. The molecule has 1 saturated carbocycles. The SMILES string of the molecule is Nc1ncc(C2CCCC2)c(C(Cl)(Cl)c2ccccc2)n1. The molecule has 5 heteroatoms. The van der Waals surface area contributed by atoms with Crippen molar-refractivity contribution in [3.63, 3.8) is 0 Å². The van der Waals surface area contributed by atoms with E-state index in [9.17, 15) is 0 Å². The number of hydrogen-bond donors (Lipinski definition) is 1. The Morgan fingerprint density at radius 2 is 1.76 bits per heavy atom. The molecule has 0 saturated heterocycles. The summed E-state index contributed by atoms with van der Waals surface area (Å²) in [4.78, 5) is 8.51. The van der Waals surface area contributed by atoms with Crippen LogP contribution in [0.1, 0.15) is 48.4 Å². The van der Waals surface area contributed by atoms with Crippen molar-refractivity contribution in [3.05, 3.63) is 53.3 Å². The molecular formula is C16H17Cl2N3. The Kier molecular flexibility index (Phi) is 4.05. The molecule has 0 spiro atoms. The number of nitrogen functional groups attached to an aromatic ring is 1. The number of aromatic nitrogens is 2. The summed E-state index contributed by atoms with van der Waals surface area (Å²) < 4.78 is -1.21. The minimum atomic E-state index is -1.21. The molecule has 1 aromatic carbocycles. The predicted octanol–water partition coefficient (Wildman–Crippen LogP) is 4.40. The number of halogens is 2. The fourth-order valence-corrected chi connectivity index (χ4v) is 3.53. The van der Waals surface area contributed by atoms with Crippen molar-refractivity contribution in [2.24, 2.45) is 0 Å². The van der Waals surface area contributed by atoms with Gasteiger partial charge in [-0.05, 0) is 29.9 Å². The summed E-state index contributed by atoms with van der Waals surface area (Å²) in [7, 11) is 0. The van der Waals surface area contributed by atoms with E-state index in [0.29, 0.717) is 11.6 Å². The molecule has 110 valence electrons. The van der Waals surface area contributed by atoms with Crippen LogP contribution in [0.15, 0.2) is 36.5 Å². The Morgan fingerprint density at radius 1 is 1.10 bits per heavy atom. The molecule has 0 bridgehead atoms. The number of alkyl halides is 2. The van der Waals surface area contributed by atoms with E-state index in [1.165, 1.54) is 12.8 Å². The van der Waals surface area contributed by atoms with Gasteiger partial charge in [-0.15, -0.1) is 0 Å². The van der Waals surface area contributed by atoms with Crippen molar-refractivity contribution in [1.29, 1.82) is 0 Å². The van der Waals surface area contributed by atoms with Gasteiger partial charge in [-0.3, -0.25) is 0 Å². The number of anilines is 1. The third-order valence-electron chi connectivity index (χ3n) is 4.06. The second-order valence-electron chi connectivity index (χ2n) is 5.45. The summed E-state index contributed by atoms with van der Waals surface area (Å²) in [6, 6.07) is 9.55.